The Balaban J connectivity index is 2.41. The number of nitrogens with one attached hydrogen (secondary N) is 3. The summed E-state index contributed by atoms with van der Waals surface area (Å²) in [6, 6.07) is 3.83. The third-order valence-corrected chi connectivity index (χ3v) is 5.27. The van der Waals surface area contributed by atoms with Gasteiger partial charge in [-0.25, -0.2) is 27.7 Å². The molecule has 0 aliphatic heterocycles. The number of carbonyl (C=O) groups is 2. The Morgan fingerprint density at radius 3 is 2.39 bits per heavy atom. The van der Waals surface area contributed by atoms with Gasteiger partial charge in [0.15, 0.2) is 11.6 Å². The van der Waals surface area contributed by atoms with Crippen molar-refractivity contribution in [2.24, 2.45) is 10.7 Å². The normalized spacial score (nSPS) is 13.8. The van der Waals surface area contributed by atoms with Crippen LogP contribution in [0.2, 0.25) is 0 Å². The quantitative estimate of drug-likeness (QED) is 0.0763. The predicted octanol–water partition coefficient (Wildman–Crippen LogP) is 2.97. The monoisotopic (exact) mass is 613 g/mol. The van der Waals surface area contributed by atoms with E-state index in [0.29, 0.717) is 18.2 Å². The number of hydrogen-bond acceptors (Lipinski definition) is 8. The third kappa shape index (κ3) is 11.0. The number of phosphoric acid groups is 1. The minimum Gasteiger partial charge on any atom is -0.421 e. The maximum absolute atomic E-state index is 13.6. The molecule has 2 atom stereocenters. The van der Waals surface area contributed by atoms with E-state index < -0.39 is 67.9 Å². The number of aliphatic imine (C=N–C) groups is 1. The van der Waals surface area contributed by atoms with Crippen LogP contribution in [-0.2, 0) is 24.7 Å². The fraction of sp³-hybridized carbons (Fsp3) is 0.318. The molecule has 0 aliphatic rings. The van der Waals surface area contributed by atoms with Crippen LogP contribution >= 0.6 is 7.82 Å². The maximum atomic E-state index is 13.6. The predicted molar refractivity (Wildman–Crippen MR) is 132 cm³/mol. The molecule has 0 bridgehead atoms. The fourth-order valence-corrected chi connectivity index (χ4v) is 3.24. The van der Waals surface area contributed by atoms with Crippen molar-refractivity contribution in [3.05, 3.63) is 64.7 Å². The lowest BCUT2D eigenvalue weighted by Gasteiger charge is -2.20. The fourth-order valence-electron chi connectivity index (χ4n) is 3.05. The molecule has 0 heterocycles. The van der Waals surface area contributed by atoms with Crippen LogP contribution in [-0.4, -0.2) is 54.3 Å². The van der Waals surface area contributed by atoms with E-state index in [9.17, 15) is 36.1 Å². The summed E-state index contributed by atoms with van der Waals surface area (Å²) in [5.74, 6) is -3.79. The summed E-state index contributed by atoms with van der Waals surface area (Å²) >= 11 is 0. The molecule has 0 aliphatic carbocycles. The molecule has 1 unspecified atom stereocenters. The second kappa shape index (κ2) is 14.3. The third-order valence-electron chi connectivity index (χ3n) is 4.83. The number of nitrogens with two attached hydrogens (primary N) is 1. The molecule has 0 spiro atoms. The minimum atomic E-state index is -5.01. The Labute approximate surface area is 229 Å². The second-order valence-corrected chi connectivity index (χ2v) is 9.34. The molecule has 0 saturated heterocycles. The number of nitrogens with zero attached hydrogens (tertiary/aromatic N) is 1. The van der Waals surface area contributed by atoms with Gasteiger partial charge in [-0.3, -0.25) is 15.4 Å². The van der Waals surface area contributed by atoms with E-state index in [1.807, 2.05) is 5.32 Å². The van der Waals surface area contributed by atoms with E-state index in [2.05, 4.69) is 24.9 Å². The van der Waals surface area contributed by atoms with E-state index in [1.54, 1.807) is 6.92 Å². The van der Waals surface area contributed by atoms with Gasteiger partial charge in [-0.2, -0.15) is 13.2 Å². The molecule has 0 saturated carbocycles. The van der Waals surface area contributed by atoms with Crippen LogP contribution in [0.15, 0.2) is 41.4 Å². The Morgan fingerprint density at radius 2 is 1.80 bits per heavy atom. The molecule has 13 nitrogen and oxygen atoms in total. The highest BCUT2D eigenvalue weighted by molar-refractivity contribution is 7.46. The summed E-state index contributed by atoms with van der Waals surface area (Å²) in [5, 5.41) is 7.00. The molecular formula is C22H25F5N5O8P. The molecule has 2 amide bonds. The van der Waals surface area contributed by atoms with Crippen LogP contribution in [0.1, 0.15) is 34.6 Å². The highest BCUT2D eigenvalue weighted by Crippen LogP contribution is 2.36. The van der Waals surface area contributed by atoms with Gasteiger partial charge in [-0.1, -0.05) is 6.07 Å². The number of ether oxygens (including phenoxy) is 2. The minimum absolute atomic E-state index is 0.0882. The number of hydrogen-bond donors (Lipinski definition) is 6. The van der Waals surface area contributed by atoms with E-state index in [0.717, 1.165) is 18.2 Å². The number of anilines is 1. The molecule has 0 radical (unpaired) electrons. The Hall–Kier alpha value is -3.67. The summed E-state index contributed by atoms with van der Waals surface area (Å²) < 4.78 is 90.9. The molecule has 226 valence electrons. The Morgan fingerprint density at radius 1 is 1.12 bits per heavy atom. The van der Waals surface area contributed by atoms with Crippen LogP contribution in [0.5, 0.6) is 0 Å². The molecular weight excluding hydrogens is 588 g/mol. The number of guanidine groups is 1. The first kappa shape index (κ1) is 33.5. The van der Waals surface area contributed by atoms with Crippen molar-refractivity contribution >= 4 is 31.5 Å². The number of alkyl halides is 3. The van der Waals surface area contributed by atoms with Crippen molar-refractivity contribution < 1.29 is 59.9 Å². The van der Waals surface area contributed by atoms with Gasteiger partial charge in [0.05, 0.1) is 17.9 Å². The lowest BCUT2D eigenvalue weighted by Crippen LogP contribution is -2.46. The van der Waals surface area contributed by atoms with Gasteiger partial charge in [0.2, 0.25) is 12.8 Å². The van der Waals surface area contributed by atoms with Gasteiger partial charge in [-0.15, -0.1) is 0 Å². The Bertz CT molecular complexity index is 1320. The highest BCUT2D eigenvalue weighted by Gasteiger charge is 2.32. The molecule has 19 heteroatoms. The van der Waals surface area contributed by atoms with Crippen molar-refractivity contribution in [2.45, 2.75) is 25.3 Å². The number of phosphoric ester groups is 1. The van der Waals surface area contributed by atoms with E-state index in [1.165, 1.54) is 7.11 Å². The van der Waals surface area contributed by atoms with Gasteiger partial charge in [0.25, 0.3) is 5.91 Å². The van der Waals surface area contributed by atoms with Crippen LogP contribution in [0.4, 0.5) is 32.4 Å². The average molecular weight is 613 g/mol. The van der Waals surface area contributed by atoms with Crippen LogP contribution in [0, 0.1) is 11.6 Å². The lowest BCUT2D eigenvalue weighted by molar-refractivity contribution is -0.137. The molecule has 7 N–H and O–H groups in total. The number of carbonyl (C=O) groups excluding carboxylic acids is 2. The lowest BCUT2D eigenvalue weighted by atomic mass is 10.1. The van der Waals surface area contributed by atoms with E-state index >= 15 is 0 Å². The number of benzene rings is 2. The zero-order chi connectivity index (χ0) is 31.0. The van der Waals surface area contributed by atoms with E-state index in [-0.39, 0.29) is 23.7 Å². The standard InChI is InChI=1S/C22H25F5N5O8P/c1-11(9-38-2)29-20(32-19(33)12-3-6-15(23)16(24)7-12)31-18(28)14-5-4-13(22(25,26)27)8-17(14)30-21(34)39-10-40-41(35,36)37/h3-8,11,18H,9-10,28H2,1-2H3,(H,30,34)(H2,35,36,37)(H2,29,31,32,33)/t11-,18?/m0/s1. The number of rotatable bonds is 10. The summed E-state index contributed by atoms with van der Waals surface area (Å²) in [6.07, 6.45) is -7.88. The maximum Gasteiger partial charge on any atom is 0.472 e. The molecule has 0 aromatic heterocycles. The SMILES string of the molecule is COC[C@H](C)NC(=NC(N)c1ccc(C(F)(F)F)cc1NC(=O)OCOP(=O)(O)O)NC(=O)c1ccc(F)c(F)c1. The zero-order valence-electron chi connectivity index (χ0n) is 21.2. The Kier molecular flexibility index (Phi) is 11.7. The number of halogens is 5. The first-order valence-electron chi connectivity index (χ1n) is 11.2. The molecule has 2 aromatic carbocycles. The zero-order valence-corrected chi connectivity index (χ0v) is 22.1. The van der Waals surface area contributed by atoms with Crippen LogP contribution < -0.4 is 21.7 Å². The van der Waals surface area contributed by atoms with E-state index in [4.69, 9.17) is 20.3 Å². The first-order chi connectivity index (χ1) is 19.0. The van der Waals surface area contributed by atoms with Gasteiger partial charge in [-0.05, 0) is 37.3 Å². The van der Waals surface area contributed by atoms with Crippen molar-refractivity contribution in [1.29, 1.82) is 0 Å². The van der Waals surface area contributed by atoms with Crippen molar-refractivity contribution in [3.63, 3.8) is 0 Å². The largest absolute Gasteiger partial charge is 0.472 e. The topological polar surface area (TPSA) is 194 Å². The molecule has 41 heavy (non-hydrogen) atoms. The second-order valence-electron chi connectivity index (χ2n) is 8.10. The highest BCUT2D eigenvalue weighted by atomic mass is 31.2. The smallest absolute Gasteiger partial charge is 0.421 e. The van der Waals surface area contributed by atoms with Crippen LogP contribution in [0.3, 0.4) is 0 Å². The van der Waals surface area contributed by atoms with Gasteiger partial charge >= 0.3 is 20.1 Å². The molecule has 0 fully saturated rings. The molecule has 2 rings (SSSR count). The molecule has 2 aromatic rings. The summed E-state index contributed by atoms with van der Waals surface area (Å²) in [7, 11) is -3.63. The number of amides is 2. The number of methoxy groups -OCH3 is 1. The van der Waals surface area contributed by atoms with Gasteiger partial charge in [0.1, 0.15) is 6.17 Å². The van der Waals surface area contributed by atoms with Crippen molar-refractivity contribution in [1.82, 2.24) is 10.6 Å². The summed E-state index contributed by atoms with van der Waals surface area (Å²) in [6.45, 7) is 0.454. The van der Waals surface area contributed by atoms with Crippen molar-refractivity contribution in [3.8, 4) is 0 Å². The summed E-state index contributed by atoms with van der Waals surface area (Å²) in [4.78, 5) is 46.1. The van der Waals surface area contributed by atoms with Crippen molar-refractivity contribution in [2.75, 3.05) is 25.8 Å². The van der Waals surface area contributed by atoms with Crippen LogP contribution in [0.25, 0.3) is 0 Å². The first-order valence-corrected chi connectivity index (χ1v) is 12.7. The average Bonchev–Trinajstić information content (AvgIpc) is 2.84. The summed E-state index contributed by atoms with van der Waals surface area (Å²) in [5.41, 5.74) is 3.77. The van der Waals surface area contributed by atoms with Gasteiger partial charge in [0, 0.05) is 24.3 Å². The van der Waals surface area contributed by atoms with Gasteiger partial charge < -0.3 is 30.3 Å².